The van der Waals surface area contributed by atoms with Crippen LogP contribution in [-0.2, 0) is 0 Å². The Balaban J connectivity index is 0.00000144. The normalized spacial score (nSPS) is 9.08. The van der Waals surface area contributed by atoms with Crippen LogP contribution in [-0.4, -0.2) is 45.6 Å². The number of nitrogens with one attached hydrogen (secondary N) is 1. The van der Waals surface area contributed by atoms with Crippen LogP contribution in [0.5, 0.6) is 0 Å². The van der Waals surface area contributed by atoms with Gasteiger partial charge in [-0.05, 0) is 24.6 Å². The molecule has 1 aromatic rings. The summed E-state index contributed by atoms with van der Waals surface area (Å²) in [5.41, 5.74) is 8.49. The van der Waals surface area contributed by atoms with E-state index in [0.717, 1.165) is 16.9 Å². The first kappa shape index (κ1) is 12.7. The van der Waals surface area contributed by atoms with Crippen molar-refractivity contribution in [1.29, 1.82) is 0 Å². The fraction of sp³-hybridized carbons (Fsp3) is 0.333. The zero-order chi connectivity index (χ0) is 8.97. The Kier molecular flexibility index (Phi) is 6.06. The van der Waals surface area contributed by atoms with E-state index < -0.39 is 0 Å². The van der Waals surface area contributed by atoms with Gasteiger partial charge in [0.05, 0.1) is 6.61 Å². The third kappa shape index (κ3) is 3.95. The molecule has 0 aliphatic rings. The van der Waals surface area contributed by atoms with E-state index in [0.29, 0.717) is 6.54 Å². The Morgan fingerprint density at radius 3 is 2.69 bits per heavy atom. The number of hydrogen-bond donors (Lipinski definition) is 3. The minimum atomic E-state index is 0. The van der Waals surface area contributed by atoms with Gasteiger partial charge in [-0.3, -0.25) is 0 Å². The number of aryl methyl sites for hydroxylation is 1. The standard InChI is InChI=1S/C9H14N2O.Pb/c1-7-2-3-8(6-9(7)10)11-4-5-12;/h2-3,6,11-12H,4-5,10H2,1H3;. The molecule has 4 radical (unpaired) electrons. The molecule has 4 N–H and O–H groups in total. The van der Waals surface area contributed by atoms with E-state index in [9.17, 15) is 0 Å². The third-order valence-corrected chi connectivity index (χ3v) is 1.72. The van der Waals surface area contributed by atoms with Crippen LogP contribution in [0.4, 0.5) is 11.4 Å². The summed E-state index contributed by atoms with van der Waals surface area (Å²) < 4.78 is 0. The zero-order valence-electron chi connectivity index (χ0n) is 7.67. The molecular formula is C9H14N2OPb. The average Bonchev–Trinajstić information content (AvgIpc) is 2.07. The monoisotopic (exact) mass is 374 g/mol. The van der Waals surface area contributed by atoms with Gasteiger partial charge in [0.15, 0.2) is 0 Å². The fourth-order valence-corrected chi connectivity index (χ4v) is 0.951. The summed E-state index contributed by atoms with van der Waals surface area (Å²) in [6.07, 6.45) is 0. The largest absolute Gasteiger partial charge is 0.398 e. The molecule has 0 aliphatic carbocycles. The predicted molar refractivity (Wildman–Crippen MR) is 56.9 cm³/mol. The molecule has 0 amide bonds. The van der Waals surface area contributed by atoms with Crippen molar-refractivity contribution in [1.82, 2.24) is 0 Å². The summed E-state index contributed by atoms with van der Waals surface area (Å²) in [5, 5.41) is 11.6. The Morgan fingerprint density at radius 1 is 1.46 bits per heavy atom. The quantitative estimate of drug-likeness (QED) is 0.537. The number of nitrogens with two attached hydrogens (primary N) is 1. The van der Waals surface area contributed by atoms with Gasteiger partial charge in [-0.1, -0.05) is 6.07 Å². The van der Waals surface area contributed by atoms with Crippen molar-refractivity contribution in [3.63, 3.8) is 0 Å². The molecule has 0 bridgehead atoms. The van der Waals surface area contributed by atoms with E-state index in [1.165, 1.54) is 0 Å². The second-order valence-electron chi connectivity index (χ2n) is 2.72. The van der Waals surface area contributed by atoms with Gasteiger partial charge in [0.25, 0.3) is 0 Å². The number of anilines is 2. The van der Waals surface area contributed by atoms with Crippen LogP contribution >= 0.6 is 0 Å². The van der Waals surface area contributed by atoms with E-state index >= 15 is 0 Å². The van der Waals surface area contributed by atoms with Gasteiger partial charge < -0.3 is 16.2 Å². The molecule has 13 heavy (non-hydrogen) atoms. The zero-order valence-corrected chi connectivity index (χ0v) is 11.6. The van der Waals surface area contributed by atoms with Gasteiger partial charge in [-0.2, -0.15) is 0 Å². The number of benzene rings is 1. The van der Waals surface area contributed by atoms with Crippen molar-refractivity contribution in [3.05, 3.63) is 23.8 Å². The first-order valence-electron chi connectivity index (χ1n) is 3.95. The number of hydrogen-bond acceptors (Lipinski definition) is 3. The van der Waals surface area contributed by atoms with Crippen LogP contribution < -0.4 is 11.1 Å². The maximum absolute atomic E-state index is 8.56. The molecule has 0 saturated carbocycles. The maximum atomic E-state index is 8.56. The molecule has 0 spiro atoms. The molecule has 0 heterocycles. The van der Waals surface area contributed by atoms with Gasteiger partial charge in [0.2, 0.25) is 0 Å². The Hall–Kier alpha value is -0.298. The molecular weight excluding hydrogens is 359 g/mol. The minimum absolute atomic E-state index is 0. The van der Waals surface area contributed by atoms with Gasteiger partial charge in [-0.15, -0.1) is 0 Å². The van der Waals surface area contributed by atoms with Crippen LogP contribution in [0, 0.1) is 6.92 Å². The van der Waals surface area contributed by atoms with Crippen LogP contribution in [0.25, 0.3) is 0 Å². The van der Waals surface area contributed by atoms with E-state index in [2.05, 4.69) is 5.32 Å². The van der Waals surface area contributed by atoms with E-state index in [1.807, 2.05) is 25.1 Å². The van der Waals surface area contributed by atoms with Gasteiger partial charge in [0, 0.05) is 45.2 Å². The Labute approximate surface area is 98.5 Å². The first-order chi connectivity index (χ1) is 5.74. The van der Waals surface area contributed by atoms with E-state index in [4.69, 9.17) is 10.8 Å². The molecule has 70 valence electrons. The molecule has 1 rings (SSSR count). The molecule has 0 saturated heterocycles. The SMILES string of the molecule is Cc1ccc(NCCO)cc1N.[Pb]. The first-order valence-corrected chi connectivity index (χ1v) is 3.95. The summed E-state index contributed by atoms with van der Waals surface area (Å²) in [7, 11) is 0. The maximum Gasteiger partial charge on any atom is 0.0604 e. The molecule has 0 unspecified atom stereocenters. The average molecular weight is 373 g/mol. The summed E-state index contributed by atoms with van der Waals surface area (Å²) in [5.74, 6) is 0. The second kappa shape index (κ2) is 6.20. The van der Waals surface area contributed by atoms with Crippen LogP contribution in [0.3, 0.4) is 0 Å². The van der Waals surface area contributed by atoms with Crippen molar-refractivity contribution in [2.45, 2.75) is 6.92 Å². The number of aliphatic hydroxyl groups excluding tert-OH is 1. The number of rotatable bonds is 3. The van der Waals surface area contributed by atoms with Crippen molar-refractivity contribution in [2.75, 3.05) is 24.2 Å². The number of nitrogen functional groups attached to an aromatic ring is 1. The molecule has 0 aliphatic heterocycles. The fourth-order valence-electron chi connectivity index (χ4n) is 0.951. The molecule has 0 aromatic heterocycles. The van der Waals surface area contributed by atoms with E-state index in [1.54, 1.807) is 0 Å². The van der Waals surface area contributed by atoms with Crippen molar-refractivity contribution >= 4 is 38.7 Å². The summed E-state index contributed by atoms with van der Waals surface area (Å²) in [4.78, 5) is 0. The van der Waals surface area contributed by atoms with Gasteiger partial charge in [-0.25, -0.2) is 0 Å². The second-order valence-corrected chi connectivity index (χ2v) is 2.72. The third-order valence-electron chi connectivity index (χ3n) is 1.72. The van der Waals surface area contributed by atoms with Crippen LogP contribution in [0.2, 0.25) is 0 Å². The summed E-state index contributed by atoms with van der Waals surface area (Å²) in [6, 6.07) is 5.77. The summed E-state index contributed by atoms with van der Waals surface area (Å²) in [6.45, 7) is 2.65. The Morgan fingerprint density at radius 2 is 2.15 bits per heavy atom. The predicted octanol–water partition coefficient (Wildman–Crippen LogP) is 0.601. The molecule has 3 nitrogen and oxygen atoms in total. The summed E-state index contributed by atoms with van der Waals surface area (Å²) >= 11 is 0. The van der Waals surface area contributed by atoms with E-state index in [-0.39, 0.29) is 33.9 Å². The molecule has 4 heteroatoms. The van der Waals surface area contributed by atoms with Crippen LogP contribution in [0.1, 0.15) is 5.56 Å². The van der Waals surface area contributed by atoms with Gasteiger partial charge in [0.1, 0.15) is 0 Å². The van der Waals surface area contributed by atoms with Gasteiger partial charge >= 0.3 is 0 Å². The number of aliphatic hydroxyl groups is 1. The topological polar surface area (TPSA) is 58.3 Å². The Bertz CT molecular complexity index is 266. The van der Waals surface area contributed by atoms with Crippen LogP contribution in [0.15, 0.2) is 18.2 Å². The van der Waals surface area contributed by atoms with Crippen molar-refractivity contribution in [2.24, 2.45) is 0 Å². The van der Waals surface area contributed by atoms with Crippen molar-refractivity contribution < 1.29 is 5.11 Å². The molecule has 1 aromatic carbocycles. The molecule has 0 atom stereocenters. The smallest absolute Gasteiger partial charge is 0.0604 e. The molecule has 0 fully saturated rings. The van der Waals surface area contributed by atoms with Crippen molar-refractivity contribution in [3.8, 4) is 0 Å². The minimum Gasteiger partial charge on any atom is -0.398 e.